The SMILES string of the molecule is COC(=O)c1ccnc2cc(Cc3ccc(Cl)c(Cl)c3)[nH]c12. The van der Waals surface area contributed by atoms with Gasteiger partial charge in [-0.15, -0.1) is 0 Å². The van der Waals surface area contributed by atoms with Crippen LogP contribution < -0.4 is 0 Å². The fourth-order valence-corrected chi connectivity index (χ4v) is 2.65. The van der Waals surface area contributed by atoms with Gasteiger partial charge in [-0.1, -0.05) is 29.3 Å². The van der Waals surface area contributed by atoms with E-state index < -0.39 is 5.97 Å². The standard InChI is InChI=1S/C16H12Cl2N2O2/c1-22-16(21)11-4-5-19-14-8-10(20-15(11)14)6-9-2-3-12(17)13(18)7-9/h2-5,7-8,20H,6H2,1H3. The number of pyridine rings is 1. The first-order valence-electron chi connectivity index (χ1n) is 6.57. The van der Waals surface area contributed by atoms with Gasteiger partial charge in [0.1, 0.15) is 0 Å². The van der Waals surface area contributed by atoms with E-state index in [4.69, 9.17) is 27.9 Å². The van der Waals surface area contributed by atoms with Crippen LogP contribution in [-0.2, 0) is 11.2 Å². The Labute approximate surface area is 137 Å². The number of nitrogens with zero attached hydrogens (tertiary/aromatic N) is 1. The number of nitrogens with one attached hydrogen (secondary N) is 1. The lowest BCUT2D eigenvalue weighted by atomic mass is 10.1. The summed E-state index contributed by atoms with van der Waals surface area (Å²) in [7, 11) is 1.36. The van der Waals surface area contributed by atoms with E-state index in [-0.39, 0.29) is 0 Å². The molecule has 0 aliphatic carbocycles. The Hall–Kier alpha value is -2.04. The predicted octanol–water partition coefficient (Wildman–Crippen LogP) is 4.25. The first-order valence-corrected chi connectivity index (χ1v) is 7.33. The van der Waals surface area contributed by atoms with Gasteiger partial charge in [-0.05, 0) is 29.8 Å². The largest absolute Gasteiger partial charge is 0.465 e. The average molecular weight is 335 g/mol. The number of hydrogen-bond acceptors (Lipinski definition) is 3. The van der Waals surface area contributed by atoms with Crippen LogP contribution in [0.1, 0.15) is 21.6 Å². The lowest BCUT2D eigenvalue weighted by Gasteiger charge is -2.02. The number of halogens is 2. The van der Waals surface area contributed by atoms with Crippen LogP contribution in [0.2, 0.25) is 10.0 Å². The van der Waals surface area contributed by atoms with Crippen molar-refractivity contribution in [3.63, 3.8) is 0 Å². The van der Waals surface area contributed by atoms with Gasteiger partial charge >= 0.3 is 5.97 Å². The highest BCUT2D eigenvalue weighted by Gasteiger charge is 2.13. The molecule has 0 aliphatic heterocycles. The third-order valence-electron chi connectivity index (χ3n) is 3.36. The molecule has 0 saturated carbocycles. The highest BCUT2D eigenvalue weighted by Crippen LogP contribution is 2.25. The minimum absolute atomic E-state index is 0.393. The second-order valence-corrected chi connectivity index (χ2v) is 5.64. The molecule has 0 amide bonds. The Kier molecular flexibility index (Phi) is 4.05. The van der Waals surface area contributed by atoms with Crippen LogP contribution in [0.4, 0.5) is 0 Å². The highest BCUT2D eigenvalue weighted by molar-refractivity contribution is 6.42. The second kappa shape index (κ2) is 5.99. The van der Waals surface area contributed by atoms with E-state index in [1.807, 2.05) is 18.2 Å². The number of hydrogen-bond donors (Lipinski definition) is 1. The van der Waals surface area contributed by atoms with E-state index in [9.17, 15) is 4.79 Å². The number of fused-ring (bicyclic) bond motifs is 1. The van der Waals surface area contributed by atoms with Crippen LogP contribution in [0, 0.1) is 0 Å². The van der Waals surface area contributed by atoms with Crippen molar-refractivity contribution >= 4 is 40.2 Å². The van der Waals surface area contributed by atoms with E-state index in [1.165, 1.54) is 7.11 Å². The summed E-state index contributed by atoms with van der Waals surface area (Å²) in [6, 6.07) is 9.04. The van der Waals surface area contributed by atoms with E-state index in [0.717, 1.165) is 16.8 Å². The Bertz CT molecular complexity index is 858. The van der Waals surface area contributed by atoms with Gasteiger partial charge in [0.2, 0.25) is 0 Å². The van der Waals surface area contributed by atoms with Crippen molar-refractivity contribution in [3.8, 4) is 0 Å². The highest BCUT2D eigenvalue weighted by atomic mass is 35.5. The number of methoxy groups -OCH3 is 1. The molecule has 0 fully saturated rings. The number of rotatable bonds is 3. The molecule has 1 N–H and O–H groups in total. The van der Waals surface area contributed by atoms with Gasteiger partial charge in [-0.3, -0.25) is 4.98 Å². The van der Waals surface area contributed by atoms with Crippen LogP contribution in [0.3, 0.4) is 0 Å². The number of esters is 1. The van der Waals surface area contributed by atoms with Crippen LogP contribution >= 0.6 is 23.2 Å². The number of aromatic amines is 1. The van der Waals surface area contributed by atoms with Crippen LogP contribution in [-0.4, -0.2) is 23.0 Å². The molecule has 6 heteroatoms. The smallest absolute Gasteiger partial charge is 0.340 e. The fraction of sp³-hybridized carbons (Fsp3) is 0.125. The van der Waals surface area contributed by atoms with Crippen LogP contribution in [0.15, 0.2) is 36.5 Å². The van der Waals surface area contributed by atoms with Gasteiger partial charge in [0.05, 0.1) is 33.8 Å². The third-order valence-corrected chi connectivity index (χ3v) is 4.10. The minimum Gasteiger partial charge on any atom is -0.465 e. The zero-order valence-electron chi connectivity index (χ0n) is 11.7. The van der Waals surface area contributed by atoms with Crippen molar-refractivity contribution in [2.75, 3.05) is 7.11 Å². The summed E-state index contributed by atoms with van der Waals surface area (Å²) in [5.74, 6) is -0.393. The second-order valence-electron chi connectivity index (χ2n) is 4.83. The maximum absolute atomic E-state index is 11.8. The number of aromatic nitrogens is 2. The molecule has 112 valence electrons. The monoisotopic (exact) mass is 334 g/mol. The Morgan fingerprint density at radius 1 is 1.23 bits per heavy atom. The van der Waals surface area contributed by atoms with Gasteiger partial charge in [0.25, 0.3) is 0 Å². The Balaban J connectivity index is 1.98. The number of benzene rings is 1. The molecular formula is C16H12Cl2N2O2. The number of H-pyrrole nitrogens is 1. The van der Waals surface area contributed by atoms with Gasteiger partial charge in [-0.2, -0.15) is 0 Å². The quantitative estimate of drug-likeness (QED) is 0.728. The third kappa shape index (κ3) is 2.80. The lowest BCUT2D eigenvalue weighted by molar-refractivity contribution is 0.0602. The summed E-state index contributed by atoms with van der Waals surface area (Å²) >= 11 is 11.9. The topological polar surface area (TPSA) is 55.0 Å². The zero-order chi connectivity index (χ0) is 15.7. The molecule has 0 aliphatic rings. The van der Waals surface area contributed by atoms with Crippen molar-refractivity contribution in [2.24, 2.45) is 0 Å². The predicted molar refractivity (Wildman–Crippen MR) is 86.7 cm³/mol. The Morgan fingerprint density at radius 2 is 2.05 bits per heavy atom. The molecule has 3 rings (SSSR count). The molecule has 0 unspecified atom stereocenters. The normalized spacial score (nSPS) is 10.9. The van der Waals surface area contributed by atoms with E-state index in [0.29, 0.717) is 27.5 Å². The van der Waals surface area contributed by atoms with Gasteiger partial charge in [0, 0.05) is 18.3 Å². The molecule has 0 bridgehead atoms. The van der Waals surface area contributed by atoms with Crippen molar-refractivity contribution in [1.82, 2.24) is 9.97 Å². The summed E-state index contributed by atoms with van der Waals surface area (Å²) in [4.78, 5) is 19.3. The summed E-state index contributed by atoms with van der Waals surface area (Å²) < 4.78 is 4.78. The molecule has 0 saturated heterocycles. The molecule has 4 nitrogen and oxygen atoms in total. The zero-order valence-corrected chi connectivity index (χ0v) is 13.2. The molecule has 22 heavy (non-hydrogen) atoms. The summed E-state index contributed by atoms with van der Waals surface area (Å²) in [6.45, 7) is 0. The molecule has 0 radical (unpaired) electrons. The van der Waals surface area contributed by atoms with Crippen molar-refractivity contribution in [2.45, 2.75) is 6.42 Å². The van der Waals surface area contributed by atoms with E-state index in [2.05, 4.69) is 9.97 Å². The number of carbonyl (C=O) groups is 1. The van der Waals surface area contributed by atoms with E-state index >= 15 is 0 Å². The first kappa shape index (κ1) is 14.9. The number of carbonyl (C=O) groups excluding carboxylic acids is 1. The van der Waals surface area contributed by atoms with Gasteiger partial charge < -0.3 is 9.72 Å². The maximum Gasteiger partial charge on any atom is 0.340 e. The van der Waals surface area contributed by atoms with Crippen molar-refractivity contribution in [3.05, 3.63) is 63.4 Å². The van der Waals surface area contributed by atoms with E-state index in [1.54, 1.807) is 18.3 Å². The van der Waals surface area contributed by atoms with Crippen LogP contribution in [0.25, 0.3) is 11.0 Å². The summed E-state index contributed by atoms with van der Waals surface area (Å²) in [6.07, 6.45) is 2.22. The molecule has 2 aromatic heterocycles. The molecule has 1 aromatic carbocycles. The summed E-state index contributed by atoms with van der Waals surface area (Å²) in [5, 5.41) is 1.04. The first-order chi connectivity index (χ1) is 10.6. The summed E-state index contributed by atoms with van der Waals surface area (Å²) in [5.41, 5.74) is 3.80. The van der Waals surface area contributed by atoms with Crippen molar-refractivity contribution in [1.29, 1.82) is 0 Å². The van der Waals surface area contributed by atoms with Crippen LogP contribution in [0.5, 0.6) is 0 Å². The van der Waals surface area contributed by atoms with Gasteiger partial charge in [-0.25, -0.2) is 4.79 Å². The minimum atomic E-state index is -0.393. The average Bonchev–Trinajstić information content (AvgIpc) is 2.92. The number of ether oxygens (including phenoxy) is 1. The van der Waals surface area contributed by atoms with Gasteiger partial charge in [0.15, 0.2) is 0 Å². The molecule has 0 spiro atoms. The lowest BCUT2D eigenvalue weighted by Crippen LogP contribution is -2.02. The maximum atomic E-state index is 11.8. The molecule has 3 aromatic rings. The Morgan fingerprint density at radius 3 is 2.77 bits per heavy atom. The molecule has 0 atom stereocenters. The molecular weight excluding hydrogens is 323 g/mol. The molecule has 2 heterocycles. The van der Waals surface area contributed by atoms with Crippen molar-refractivity contribution < 1.29 is 9.53 Å². The fourth-order valence-electron chi connectivity index (χ4n) is 2.33.